The van der Waals surface area contributed by atoms with E-state index in [1.54, 1.807) is 0 Å². The van der Waals surface area contributed by atoms with Crippen molar-refractivity contribution in [3.05, 3.63) is 71.8 Å². The Labute approximate surface area is 167 Å². The average molecular weight is 372 g/mol. The first-order valence-corrected chi connectivity index (χ1v) is 10.0. The van der Waals surface area contributed by atoms with Crippen LogP contribution >= 0.6 is 0 Å². The molecule has 1 heterocycles. The number of hydrogen-bond donors (Lipinski definition) is 1. The highest BCUT2D eigenvalue weighted by Gasteiger charge is 2.22. The Morgan fingerprint density at radius 3 is 2.32 bits per heavy atom. The normalized spacial score (nSPS) is 12.9. The smallest absolute Gasteiger partial charge is 0.0856 e. The van der Waals surface area contributed by atoms with E-state index in [4.69, 9.17) is 0 Å². The van der Waals surface area contributed by atoms with Gasteiger partial charge in [-0.05, 0) is 63.8 Å². The Kier molecular flexibility index (Phi) is 4.96. The zero-order valence-corrected chi connectivity index (χ0v) is 17.5. The van der Waals surface area contributed by atoms with Gasteiger partial charge in [-0.2, -0.15) is 0 Å². The van der Waals surface area contributed by atoms with E-state index in [1.165, 1.54) is 44.1 Å². The largest absolute Gasteiger partial charge is 0.340 e. The molecular formula is C25H29N3. The molecule has 0 saturated carbocycles. The second-order valence-electron chi connectivity index (χ2n) is 7.64. The van der Waals surface area contributed by atoms with E-state index in [1.807, 2.05) is 7.05 Å². The number of aromatic nitrogens is 1. The number of aryl methyl sites for hydroxylation is 2. The number of fused-ring (bicyclic) bond motifs is 3. The molecule has 1 aromatic heterocycles. The van der Waals surface area contributed by atoms with E-state index in [9.17, 15) is 0 Å². The monoisotopic (exact) mass is 371 g/mol. The van der Waals surface area contributed by atoms with Gasteiger partial charge in [-0.1, -0.05) is 48.5 Å². The third-order valence-corrected chi connectivity index (χ3v) is 5.82. The molecule has 0 spiro atoms. The maximum atomic E-state index is 3.49. The van der Waals surface area contributed by atoms with Crippen LogP contribution in [0, 0.1) is 6.92 Å². The van der Waals surface area contributed by atoms with E-state index < -0.39 is 0 Å². The predicted octanol–water partition coefficient (Wildman–Crippen LogP) is 5.57. The van der Waals surface area contributed by atoms with Gasteiger partial charge in [0.25, 0.3) is 0 Å². The molecular weight excluding hydrogens is 342 g/mol. The molecule has 3 heteroatoms. The van der Waals surface area contributed by atoms with Crippen LogP contribution < -0.4 is 5.32 Å². The fourth-order valence-electron chi connectivity index (χ4n) is 4.58. The van der Waals surface area contributed by atoms with Crippen LogP contribution in [-0.4, -0.2) is 30.6 Å². The summed E-state index contributed by atoms with van der Waals surface area (Å²) >= 11 is 0. The van der Waals surface area contributed by atoms with E-state index in [2.05, 4.69) is 103 Å². The van der Waals surface area contributed by atoms with Gasteiger partial charge in [0, 0.05) is 28.4 Å². The Hall–Kier alpha value is -2.62. The van der Waals surface area contributed by atoms with Crippen LogP contribution in [0.25, 0.3) is 32.9 Å². The maximum absolute atomic E-state index is 3.49. The van der Waals surface area contributed by atoms with Gasteiger partial charge in [-0.15, -0.1) is 0 Å². The first-order valence-electron chi connectivity index (χ1n) is 10.0. The van der Waals surface area contributed by atoms with Gasteiger partial charge in [-0.3, -0.25) is 4.90 Å². The molecule has 0 saturated heterocycles. The number of hydrogen-bond acceptors (Lipinski definition) is 2. The lowest BCUT2D eigenvalue weighted by atomic mass is 9.93. The zero-order chi connectivity index (χ0) is 19.8. The molecule has 0 amide bonds. The Balaban J connectivity index is 2.21. The number of nitrogens with one attached hydrogen (secondary N) is 1. The Bertz CT molecular complexity index is 1120. The van der Waals surface area contributed by atoms with Gasteiger partial charge in [0.15, 0.2) is 0 Å². The second-order valence-corrected chi connectivity index (χ2v) is 7.64. The maximum Gasteiger partial charge on any atom is 0.0856 e. The van der Waals surface area contributed by atoms with Gasteiger partial charge in [-0.25, -0.2) is 0 Å². The lowest BCUT2D eigenvalue weighted by molar-refractivity contribution is 0.264. The summed E-state index contributed by atoms with van der Waals surface area (Å²) in [6, 6.07) is 22.0. The first-order chi connectivity index (χ1) is 13.6. The SMILES string of the molecule is CCn1c2ccccc2c2c(C)c(C(NC)N(C)C)cc(-c3ccccc3)c21. The summed E-state index contributed by atoms with van der Waals surface area (Å²) in [5.41, 5.74) is 7.90. The lowest BCUT2D eigenvalue weighted by Gasteiger charge is -2.27. The molecule has 0 aliphatic rings. The summed E-state index contributed by atoms with van der Waals surface area (Å²) < 4.78 is 2.47. The van der Waals surface area contributed by atoms with Crippen LogP contribution in [0.2, 0.25) is 0 Å². The Morgan fingerprint density at radius 1 is 1.00 bits per heavy atom. The van der Waals surface area contributed by atoms with Crippen molar-refractivity contribution in [2.75, 3.05) is 21.1 Å². The fraction of sp³-hybridized carbons (Fsp3) is 0.280. The number of para-hydroxylation sites is 1. The zero-order valence-electron chi connectivity index (χ0n) is 17.5. The number of benzene rings is 3. The van der Waals surface area contributed by atoms with Gasteiger partial charge in [0.2, 0.25) is 0 Å². The summed E-state index contributed by atoms with van der Waals surface area (Å²) in [6.45, 7) is 5.46. The van der Waals surface area contributed by atoms with Crippen molar-refractivity contribution in [1.29, 1.82) is 0 Å². The quantitative estimate of drug-likeness (QED) is 0.463. The van der Waals surface area contributed by atoms with Crippen molar-refractivity contribution < 1.29 is 0 Å². The first kappa shape index (κ1) is 18.7. The molecule has 4 aromatic rings. The van der Waals surface area contributed by atoms with Crippen molar-refractivity contribution in [2.45, 2.75) is 26.6 Å². The van der Waals surface area contributed by atoms with Crippen LogP contribution in [0.4, 0.5) is 0 Å². The predicted molar refractivity (Wildman–Crippen MR) is 121 cm³/mol. The van der Waals surface area contributed by atoms with Crippen LogP contribution in [0.15, 0.2) is 60.7 Å². The van der Waals surface area contributed by atoms with Crippen LogP contribution in [0.5, 0.6) is 0 Å². The molecule has 3 nitrogen and oxygen atoms in total. The standard InChI is InChI=1S/C25H29N3/c1-6-28-22-15-11-10-14-19(22)23-17(2)20(25(26-3)27(4)5)16-21(24(23)28)18-12-8-7-9-13-18/h7-16,25-26H,6H2,1-5H3. The summed E-state index contributed by atoms with van der Waals surface area (Å²) in [7, 11) is 6.29. The molecule has 3 aromatic carbocycles. The van der Waals surface area contributed by atoms with Gasteiger partial charge in [0.05, 0.1) is 11.7 Å². The number of rotatable bonds is 5. The van der Waals surface area contributed by atoms with Crippen LogP contribution in [0.3, 0.4) is 0 Å². The Morgan fingerprint density at radius 2 is 1.68 bits per heavy atom. The van der Waals surface area contributed by atoms with Crippen molar-refractivity contribution in [1.82, 2.24) is 14.8 Å². The summed E-state index contributed by atoms with van der Waals surface area (Å²) in [5.74, 6) is 0. The number of nitrogens with zero attached hydrogens (tertiary/aromatic N) is 2. The minimum Gasteiger partial charge on any atom is -0.340 e. The highest BCUT2D eigenvalue weighted by atomic mass is 15.2. The summed E-state index contributed by atoms with van der Waals surface area (Å²) in [5, 5.41) is 6.20. The molecule has 0 aliphatic heterocycles. The van der Waals surface area contributed by atoms with Crippen molar-refractivity contribution in [3.63, 3.8) is 0 Å². The minimum absolute atomic E-state index is 0.163. The molecule has 0 aliphatic carbocycles. The highest BCUT2D eigenvalue weighted by Crippen LogP contribution is 2.41. The van der Waals surface area contributed by atoms with E-state index in [0.717, 1.165) is 6.54 Å². The molecule has 0 fully saturated rings. The summed E-state index contributed by atoms with van der Waals surface area (Å²) in [4.78, 5) is 2.24. The molecule has 144 valence electrons. The molecule has 0 radical (unpaired) electrons. The molecule has 1 unspecified atom stereocenters. The molecule has 4 rings (SSSR count). The van der Waals surface area contributed by atoms with Crippen molar-refractivity contribution in [2.24, 2.45) is 0 Å². The lowest BCUT2D eigenvalue weighted by Crippen LogP contribution is -2.31. The van der Waals surface area contributed by atoms with Gasteiger partial charge in [0.1, 0.15) is 0 Å². The average Bonchev–Trinajstić information content (AvgIpc) is 3.05. The van der Waals surface area contributed by atoms with Crippen molar-refractivity contribution >= 4 is 21.8 Å². The van der Waals surface area contributed by atoms with Crippen molar-refractivity contribution in [3.8, 4) is 11.1 Å². The van der Waals surface area contributed by atoms with E-state index in [0.29, 0.717) is 0 Å². The van der Waals surface area contributed by atoms with Gasteiger partial charge < -0.3 is 9.88 Å². The van der Waals surface area contributed by atoms with Gasteiger partial charge >= 0.3 is 0 Å². The topological polar surface area (TPSA) is 20.2 Å². The fourth-order valence-corrected chi connectivity index (χ4v) is 4.58. The van der Waals surface area contributed by atoms with E-state index >= 15 is 0 Å². The molecule has 1 N–H and O–H groups in total. The molecule has 0 bridgehead atoms. The molecule has 28 heavy (non-hydrogen) atoms. The third-order valence-electron chi connectivity index (χ3n) is 5.82. The third kappa shape index (κ3) is 2.83. The van der Waals surface area contributed by atoms with E-state index in [-0.39, 0.29) is 6.17 Å². The second kappa shape index (κ2) is 7.42. The molecule has 1 atom stereocenters. The minimum atomic E-state index is 0.163. The highest BCUT2D eigenvalue weighted by molar-refractivity contribution is 6.14. The van der Waals surface area contributed by atoms with Crippen LogP contribution in [0.1, 0.15) is 24.2 Å². The van der Waals surface area contributed by atoms with Crippen LogP contribution in [-0.2, 0) is 6.54 Å². The summed E-state index contributed by atoms with van der Waals surface area (Å²) in [6.07, 6.45) is 0.163.